The molecule has 0 unspecified atom stereocenters. The number of thioether (sulfide) groups is 1. The van der Waals surface area contributed by atoms with Gasteiger partial charge in [-0.2, -0.15) is 11.8 Å². The smallest absolute Gasteiger partial charge is 0.303 e. The number of aliphatic hydroxyl groups is 1. The third-order valence-electron chi connectivity index (χ3n) is 18.0. The number of nitrogens with zero attached hydrogens (tertiary/aromatic N) is 7. The van der Waals surface area contributed by atoms with Gasteiger partial charge in [0.15, 0.2) is 0 Å². The van der Waals surface area contributed by atoms with E-state index in [4.69, 9.17) is 5.11 Å². The van der Waals surface area contributed by atoms with Gasteiger partial charge in [0.25, 0.3) is 0 Å². The van der Waals surface area contributed by atoms with Crippen LogP contribution in [0.25, 0.3) is 0 Å². The van der Waals surface area contributed by atoms with Gasteiger partial charge in [0.1, 0.15) is 72.2 Å². The first-order valence-corrected chi connectivity index (χ1v) is 35.8. The van der Waals surface area contributed by atoms with Crippen LogP contribution in [0.2, 0.25) is 0 Å². The van der Waals surface area contributed by atoms with Crippen LogP contribution in [0.4, 0.5) is 0 Å². The van der Waals surface area contributed by atoms with Gasteiger partial charge >= 0.3 is 5.97 Å². The normalized spacial score (nSPS) is 25.7. The maximum Gasteiger partial charge on any atom is 0.303 e. The highest BCUT2D eigenvalue weighted by Crippen LogP contribution is 2.27. The number of allylic oxidation sites excluding steroid dienone is 2. The number of rotatable bonds is 24. The zero-order valence-corrected chi connectivity index (χ0v) is 63.7. The maximum atomic E-state index is 15.4. The Morgan fingerprint density at radius 3 is 1.36 bits per heavy atom. The van der Waals surface area contributed by atoms with E-state index in [9.17, 15) is 38.7 Å². The Morgan fingerprint density at radius 2 is 0.897 bits per heavy atom. The fourth-order valence-corrected chi connectivity index (χ4v) is 13.0. The average molecular weight is 1390 g/mol. The topological polar surface area (TPSA) is 333 Å². The van der Waals surface area contributed by atoms with Gasteiger partial charge in [0, 0.05) is 67.9 Å². The lowest BCUT2D eigenvalue weighted by Crippen LogP contribution is -2.64. The Labute approximate surface area is 583 Å². The summed E-state index contributed by atoms with van der Waals surface area (Å²) in [5, 5.41) is 32.5. The van der Waals surface area contributed by atoms with Gasteiger partial charge in [-0.25, -0.2) is 0 Å². The number of hydrogen-bond acceptors (Lipinski definition) is 15. The van der Waals surface area contributed by atoms with Crippen molar-refractivity contribution in [2.45, 2.75) is 254 Å². The van der Waals surface area contributed by atoms with Crippen molar-refractivity contribution < 1.29 is 72.5 Å². The van der Waals surface area contributed by atoms with Crippen molar-refractivity contribution in [1.29, 1.82) is 0 Å². The predicted octanol–water partition coefficient (Wildman–Crippen LogP) is 4.58. The van der Waals surface area contributed by atoms with E-state index >= 15 is 28.8 Å². The first kappa shape index (κ1) is 88.4. The summed E-state index contributed by atoms with van der Waals surface area (Å²) in [4.78, 5) is 196. The van der Waals surface area contributed by atoms with Crippen LogP contribution in [0.1, 0.15) is 182 Å². The Hall–Kier alpha value is -6.64. The molecule has 1 fully saturated rings. The minimum atomic E-state index is -1.69. The summed E-state index contributed by atoms with van der Waals surface area (Å²) in [7, 11) is 9.82. The van der Waals surface area contributed by atoms with Crippen molar-refractivity contribution in [1.82, 2.24) is 55.6 Å². The molecule has 1 aliphatic heterocycles. The minimum Gasteiger partial charge on any atom is -0.481 e. The van der Waals surface area contributed by atoms with Crippen LogP contribution in [-0.4, -0.2) is 255 Å². The van der Waals surface area contributed by atoms with E-state index in [1.165, 1.54) is 99.4 Å². The van der Waals surface area contributed by atoms with E-state index in [1.807, 2.05) is 55.4 Å². The van der Waals surface area contributed by atoms with E-state index < -0.39 is 161 Å². The van der Waals surface area contributed by atoms with Gasteiger partial charge in [-0.15, -0.1) is 0 Å². The third kappa shape index (κ3) is 26.5. The van der Waals surface area contributed by atoms with Crippen LogP contribution in [0.5, 0.6) is 0 Å². The molecule has 0 radical (unpaired) electrons. The molecule has 13 atom stereocenters. The SMILES string of the molecule is C/C=C/C[C@@H](C)[C@@H](O)[C@@H]1C(=O)N[C@H](CC)C(=O)N(C)[C@H](CSCCCC(=O)CCC(=O)O)C(=O)N(C)[C@@H](CC(C)C)C(=O)N[C@H](C(C)C)C(=O)N(C)[C@H](CC(C)C)C(=O)N[C@H](C)C(=O)N[C@@H](C)C(=O)N(C)[C@H](CC(C)C)C(=O)N(C)[C@H](CC(C)C)C(=O)N(C)[C@H](C(C)C)C(=O)N1C. The maximum absolute atomic E-state index is 15.4. The van der Waals surface area contributed by atoms with Crippen molar-refractivity contribution >= 4 is 88.5 Å². The fourth-order valence-electron chi connectivity index (χ4n) is 11.9. The molecule has 0 saturated carbocycles. The number of carbonyl (C=O) groups is 13. The summed E-state index contributed by atoms with van der Waals surface area (Å²) >= 11 is 1.22. The number of likely N-dealkylation sites (N-methyl/N-ethyl adjacent to an activating group) is 7. The van der Waals surface area contributed by atoms with Gasteiger partial charge in [0.2, 0.25) is 65.0 Å². The first-order chi connectivity index (χ1) is 44.9. The molecule has 1 saturated heterocycles. The molecule has 0 aromatic heterocycles. The molecule has 0 spiro atoms. The summed E-state index contributed by atoms with van der Waals surface area (Å²) in [6, 6.07) is -14.3. The number of carbonyl (C=O) groups excluding carboxylic acids is 12. The number of aliphatic hydroxyl groups excluding tert-OH is 1. The number of carboxylic acid groups (broad SMARTS) is 1. The van der Waals surface area contributed by atoms with E-state index in [1.54, 1.807) is 60.6 Å². The summed E-state index contributed by atoms with van der Waals surface area (Å²) in [6.45, 7) is 29.6. The predicted molar refractivity (Wildman–Crippen MR) is 376 cm³/mol. The van der Waals surface area contributed by atoms with Crippen LogP contribution in [0, 0.1) is 41.4 Å². The van der Waals surface area contributed by atoms with Crippen LogP contribution >= 0.6 is 11.8 Å². The standard InChI is InChI=1S/C70H123N11O15S/c1-25-27-29-45(15)59(85)58-63(89)73-49(26-2)65(91)79(22)54(38-97-33-28-30-48(82)31-32-55(83)84)68(94)75(18)51(35-40(5)6)62(88)74-56(43(11)12)69(95)76(19)50(34-39(3)4)61(87)71-46(16)60(86)72-47(17)64(90)77(20)52(36-41(7)8)66(92)78(21)53(37-42(9)10)67(93)80(23)57(44(13)14)70(96)81(58)24/h25,27,39-47,49-54,56-59,85H,26,28-38H2,1-24H3,(H,71,87)(H,72,86)(H,73,89)(H,74,88)(H,83,84)/b27-25+/t45-,46-,47+,49-,50-,51+,52-,53-,54-,56-,57-,58-,59-/m1/s1. The second-order valence-corrected chi connectivity index (χ2v) is 30.1. The van der Waals surface area contributed by atoms with Crippen LogP contribution in [0.3, 0.4) is 0 Å². The van der Waals surface area contributed by atoms with Crippen molar-refractivity contribution in [2.75, 3.05) is 60.8 Å². The molecule has 1 heterocycles. The molecule has 0 aromatic rings. The Bertz CT molecular complexity index is 2710. The van der Waals surface area contributed by atoms with Crippen molar-refractivity contribution in [3.05, 3.63) is 12.2 Å². The molecule has 554 valence electrons. The molecular weight excluding hydrogens is 1270 g/mol. The minimum absolute atomic E-state index is 0.0521. The first-order valence-electron chi connectivity index (χ1n) is 34.6. The second-order valence-electron chi connectivity index (χ2n) is 28.9. The van der Waals surface area contributed by atoms with Crippen LogP contribution < -0.4 is 21.3 Å². The highest BCUT2D eigenvalue weighted by Gasteiger charge is 2.46. The molecule has 11 amide bonds. The molecule has 1 rings (SSSR count). The highest BCUT2D eigenvalue weighted by molar-refractivity contribution is 7.99. The van der Waals surface area contributed by atoms with Gasteiger partial charge in [-0.1, -0.05) is 109 Å². The number of hydrogen-bond donors (Lipinski definition) is 6. The zero-order chi connectivity index (χ0) is 75.0. The molecule has 6 N–H and O–H groups in total. The lowest BCUT2D eigenvalue weighted by Gasteiger charge is -2.41. The number of amides is 11. The van der Waals surface area contributed by atoms with Gasteiger partial charge in [-0.3, -0.25) is 62.3 Å². The zero-order valence-electron chi connectivity index (χ0n) is 62.9. The third-order valence-corrected chi connectivity index (χ3v) is 19.1. The summed E-state index contributed by atoms with van der Waals surface area (Å²) in [6.07, 6.45) is 2.49. The Morgan fingerprint density at radius 1 is 0.474 bits per heavy atom. The quantitative estimate of drug-likeness (QED) is 0.0569. The summed E-state index contributed by atoms with van der Waals surface area (Å²) < 4.78 is 0. The molecule has 27 heteroatoms. The molecule has 26 nitrogen and oxygen atoms in total. The van der Waals surface area contributed by atoms with Crippen molar-refractivity contribution in [3.63, 3.8) is 0 Å². The largest absolute Gasteiger partial charge is 0.481 e. The number of ketones is 1. The van der Waals surface area contributed by atoms with Gasteiger partial charge in [-0.05, 0) is 113 Å². The van der Waals surface area contributed by atoms with Crippen LogP contribution in [0.15, 0.2) is 12.2 Å². The molecule has 1 aliphatic rings. The molecular formula is C70H123N11O15S. The number of carboxylic acids is 1. The highest BCUT2D eigenvalue weighted by atomic mass is 32.2. The molecule has 0 bridgehead atoms. The number of nitrogens with one attached hydrogen (secondary N) is 4. The number of Topliss-reactive ketones (excluding diaryl/α,β-unsaturated/α-hetero) is 1. The van der Waals surface area contributed by atoms with E-state index in [-0.39, 0.29) is 93.0 Å². The van der Waals surface area contributed by atoms with Crippen LogP contribution in [-0.2, 0) is 62.3 Å². The fraction of sp³-hybridized carbons (Fsp3) is 0.786. The molecule has 97 heavy (non-hydrogen) atoms. The lowest BCUT2D eigenvalue weighted by atomic mass is 9.91. The lowest BCUT2D eigenvalue weighted by molar-refractivity contribution is -0.157. The molecule has 0 aliphatic carbocycles. The second kappa shape index (κ2) is 41.7. The monoisotopic (exact) mass is 1390 g/mol. The van der Waals surface area contributed by atoms with Crippen molar-refractivity contribution in [3.8, 4) is 0 Å². The Balaban J connectivity index is 4.54. The van der Waals surface area contributed by atoms with E-state index in [2.05, 4.69) is 21.3 Å². The van der Waals surface area contributed by atoms with Gasteiger partial charge < -0.3 is 65.8 Å². The summed E-state index contributed by atoms with van der Waals surface area (Å²) in [5.41, 5.74) is 0. The Kier molecular flexibility index (Phi) is 38.0. The van der Waals surface area contributed by atoms with E-state index in [0.717, 1.165) is 9.80 Å². The molecule has 0 aromatic carbocycles. The summed E-state index contributed by atoms with van der Waals surface area (Å²) in [5.74, 6) is -11.7. The van der Waals surface area contributed by atoms with Gasteiger partial charge in [0.05, 0.1) is 12.5 Å². The average Bonchev–Trinajstić information content (AvgIpc) is 0.810. The van der Waals surface area contributed by atoms with E-state index in [0.29, 0.717) is 12.2 Å². The number of aliphatic carboxylic acids is 1. The van der Waals surface area contributed by atoms with Crippen molar-refractivity contribution in [2.24, 2.45) is 41.4 Å².